The SMILES string of the molecule is CCNC(=O)C(C)NS(=O)(=O)c1ccc(Br)c(C(=O)O)c1. The molecule has 0 radical (unpaired) electrons. The summed E-state index contributed by atoms with van der Waals surface area (Å²) in [4.78, 5) is 22.3. The number of amides is 1. The molecular formula is C12H15BrN2O5S. The van der Waals surface area contributed by atoms with Gasteiger partial charge >= 0.3 is 5.97 Å². The number of carboxylic acid groups (broad SMARTS) is 1. The average molecular weight is 379 g/mol. The number of likely N-dealkylation sites (N-methyl/N-ethyl adjacent to an activating group) is 1. The lowest BCUT2D eigenvalue weighted by molar-refractivity contribution is -0.122. The van der Waals surface area contributed by atoms with Crippen LogP contribution in [0.25, 0.3) is 0 Å². The van der Waals surface area contributed by atoms with Gasteiger partial charge in [0.25, 0.3) is 0 Å². The number of carboxylic acids is 1. The molecule has 9 heteroatoms. The minimum atomic E-state index is -3.99. The maximum absolute atomic E-state index is 12.1. The van der Waals surface area contributed by atoms with Gasteiger partial charge in [-0.1, -0.05) is 0 Å². The lowest BCUT2D eigenvalue weighted by Crippen LogP contribution is -2.44. The molecule has 1 amide bonds. The quantitative estimate of drug-likeness (QED) is 0.681. The number of halogens is 1. The van der Waals surface area contributed by atoms with Crippen LogP contribution in [0.2, 0.25) is 0 Å². The summed E-state index contributed by atoms with van der Waals surface area (Å²) in [6.07, 6.45) is 0. The summed E-state index contributed by atoms with van der Waals surface area (Å²) in [7, 11) is -3.99. The third kappa shape index (κ3) is 4.51. The van der Waals surface area contributed by atoms with Gasteiger partial charge in [-0.15, -0.1) is 0 Å². The van der Waals surface area contributed by atoms with E-state index in [4.69, 9.17) is 5.11 Å². The van der Waals surface area contributed by atoms with Crippen LogP contribution in [0.15, 0.2) is 27.6 Å². The van der Waals surface area contributed by atoms with E-state index in [2.05, 4.69) is 26.0 Å². The third-order valence-electron chi connectivity index (χ3n) is 2.55. The number of carbonyl (C=O) groups is 2. The highest BCUT2D eigenvalue weighted by Crippen LogP contribution is 2.21. The Kier molecular flexibility index (Phi) is 5.87. The summed E-state index contributed by atoms with van der Waals surface area (Å²) in [6, 6.07) is 2.64. The van der Waals surface area contributed by atoms with Gasteiger partial charge in [0, 0.05) is 11.0 Å². The summed E-state index contributed by atoms with van der Waals surface area (Å²) in [6.45, 7) is 3.50. The Balaban J connectivity index is 3.06. The van der Waals surface area contributed by atoms with Crippen LogP contribution in [0.5, 0.6) is 0 Å². The van der Waals surface area contributed by atoms with Crippen molar-refractivity contribution in [3.8, 4) is 0 Å². The second-order valence-electron chi connectivity index (χ2n) is 4.18. The molecule has 116 valence electrons. The second-order valence-corrected chi connectivity index (χ2v) is 6.75. The van der Waals surface area contributed by atoms with E-state index >= 15 is 0 Å². The summed E-state index contributed by atoms with van der Waals surface area (Å²) < 4.78 is 26.7. The van der Waals surface area contributed by atoms with Crippen LogP contribution in [0.1, 0.15) is 24.2 Å². The first-order chi connectivity index (χ1) is 9.69. The lowest BCUT2D eigenvalue weighted by atomic mass is 10.2. The van der Waals surface area contributed by atoms with Gasteiger partial charge in [-0.25, -0.2) is 13.2 Å². The Hall–Kier alpha value is -1.45. The Morgan fingerprint density at radius 3 is 2.52 bits per heavy atom. The topological polar surface area (TPSA) is 113 Å². The van der Waals surface area contributed by atoms with Crippen LogP contribution in [0.4, 0.5) is 0 Å². The van der Waals surface area contributed by atoms with Crippen molar-refractivity contribution >= 4 is 37.8 Å². The maximum atomic E-state index is 12.1. The number of nitrogens with one attached hydrogen (secondary N) is 2. The average Bonchev–Trinajstić information content (AvgIpc) is 2.38. The van der Waals surface area contributed by atoms with Crippen molar-refractivity contribution in [2.45, 2.75) is 24.8 Å². The molecule has 0 bridgehead atoms. The molecule has 21 heavy (non-hydrogen) atoms. The first-order valence-electron chi connectivity index (χ1n) is 6.02. The summed E-state index contributed by atoms with van der Waals surface area (Å²) in [5.74, 6) is -1.72. The molecule has 1 rings (SSSR count). The van der Waals surface area contributed by atoms with E-state index in [0.29, 0.717) is 6.54 Å². The summed E-state index contributed by atoms with van der Waals surface area (Å²) in [5, 5.41) is 11.5. The Morgan fingerprint density at radius 1 is 1.38 bits per heavy atom. The number of rotatable bonds is 6. The summed E-state index contributed by atoms with van der Waals surface area (Å²) >= 11 is 3.03. The minimum absolute atomic E-state index is 0.177. The zero-order chi connectivity index (χ0) is 16.2. The maximum Gasteiger partial charge on any atom is 0.336 e. The number of hydrogen-bond donors (Lipinski definition) is 3. The van der Waals surface area contributed by atoms with Crippen LogP contribution >= 0.6 is 15.9 Å². The van der Waals surface area contributed by atoms with Crippen LogP contribution in [-0.4, -0.2) is 38.0 Å². The molecular weight excluding hydrogens is 364 g/mol. The predicted molar refractivity (Wildman–Crippen MR) is 79.6 cm³/mol. The molecule has 0 saturated heterocycles. The van der Waals surface area contributed by atoms with Crippen LogP contribution in [0, 0.1) is 0 Å². The molecule has 1 atom stereocenters. The van der Waals surface area contributed by atoms with E-state index in [1.807, 2.05) is 0 Å². The molecule has 0 aliphatic heterocycles. The van der Waals surface area contributed by atoms with Gasteiger partial charge in [0.1, 0.15) is 0 Å². The van der Waals surface area contributed by atoms with Crippen molar-refractivity contribution < 1.29 is 23.1 Å². The van der Waals surface area contributed by atoms with Gasteiger partial charge in [-0.3, -0.25) is 4.79 Å². The Labute approximate surface area is 130 Å². The fourth-order valence-corrected chi connectivity index (χ4v) is 3.16. The molecule has 3 N–H and O–H groups in total. The third-order valence-corrected chi connectivity index (χ3v) is 4.78. The highest BCUT2D eigenvalue weighted by atomic mass is 79.9. The number of hydrogen-bond acceptors (Lipinski definition) is 4. The van der Waals surface area contributed by atoms with Crippen molar-refractivity contribution in [1.82, 2.24) is 10.0 Å². The van der Waals surface area contributed by atoms with Crippen molar-refractivity contribution in [1.29, 1.82) is 0 Å². The molecule has 0 aliphatic rings. The van der Waals surface area contributed by atoms with Gasteiger partial charge in [0.15, 0.2) is 0 Å². The van der Waals surface area contributed by atoms with Crippen molar-refractivity contribution in [3.05, 3.63) is 28.2 Å². The Bertz CT molecular complexity index is 660. The fourth-order valence-electron chi connectivity index (χ4n) is 1.52. The van der Waals surface area contributed by atoms with E-state index < -0.39 is 27.9 Å². The van der Waals surface area contributed by atoms with E-state index in [1.54, 1.807) is 6.92 Å². The highest BCUT2D eigenvalue weighted by Gasteiger charge is 2.23. The predicted octanol–water partition coefficient (Wildman–Crippen LogP) is 0.950. The number of carbonyl (C=O) groups excluding carboxylic acids is 1. The molecule has 7 nitrogen and oxygen atoms in total. The van der Waals surface area contributed by atoms with Gasteiger partial charge in [-0.05, 0) is 48.0 Å². The minimum Gasteiger partial charge on any atom is -0.478 e. The molecule has 1 aromatic carbocycles. The van der Waals surface area contributed by atoms with E-state index in [-0.39, 0.29) is 14.9 Å². The van der Waals surface area contributed by atoms with Gasteiger partial charge in [0.2, 0.25) is 15.9 Å². The normalized spacial score (nSPS) is 12.7. The smallest absolute Gasteiger partial charge is 0.336 e. The molecule has 0 aliphatic carbocycles. The van der Waals surface area contributed by atoms with Crippen molar-refractivity contribution in [2.75, 3.05) is 6.54 Å². The zero-order valence-corrected chi connectivity index (χ0v) is 13.8. The Morgan fingerprint density at radius 2 is 2.00 bits per heavy atom. The second kappa shape index (κ2) is 7.01. The molecule has 0 spiro atoms. The van der Waals surface area contributed by atoms with Crippen LogP contribution in [0.3, 0.4) is 0 Å². The van der Waals surface area contributed by atoms with Gasteiger partial charge in [0.05, 0.1) is 16.5 Å². The number of benzene rings is 1. The highest BCUT2D eigenvalue weighted by molar-refractivity contribution is 9.10. The molecule has 1 unspecified atom stereocenters. The molecule has 0 aromatic heterocycles. The van der Waals surface area contributed by atoms with Gasteiger partial charge < -0.3 is 10.4 Å². The largest absolute Gasteiger partial charge is 0.478 e. The standard InChI is InChI=1S/C12H15BrN2O5S/c1-3-14-11(16)7(2)15-21(19,20)8-4-5-10(13)9(6-8)12(17)18/h4-7,15H,3H2,1-2H3,(H,14,16)(H,17,18). The van der Waals surface area contributed by atoms with E-state index in [1.165, 1.54) is 19.1 Å². The van der Waals surface area contributed by atoms with Crippen molar-refractivity contribution in [2.24, 2.45) is 0 Å². The van der Waals surface area contributed by atoms with E-state index in [0.717, 1.165) is 6.07 Å². The number of aromatic carboxylic acids is 1. The van der Waals surface area contributed by atoms with E-state index in [9.17, 15) is 18.0 Å². The lowest BCUT2D eigenvalue weighted by Gasteiger charge is -2.14. The first kappa shape index (κ1) is 17.6. The first-order valence-corrected chi connectivity index (χ1v) is 8.29. The molecule has 0 fully saturated rings. The number of sulfonamides is 1. The van der Waals surface area contributed by atoms with Gasteiger partial charge in [-0.2, -0.15) is 4.72 Å². The van der Waals surface area contributed by atoms with Crippen LogP contribution in [-0.2, 0) is 14.8 Å². The fraction of sp³-hybridized carbons (Fsp3) is 0.333. The van der Waals surface area contributed by atoms with Crippen molar-refractivity contribution in [3.63, 3.8) is 0 Å². The molecule has 0 heterocycles. The molecule has 1 aromatic rings. The monoisotopic (exact) mass is 378 g/mol. The zero-order valence-electron chi connectivity index (χ0n) is 11.4. The van der Waals surface area contributed by atoms with Crippen LogP contribution < -0.4 is 10.0 Å². The summed E-state index contributed by atoms with van der Waals surface area (Å²) in [5.41, 5.74) is -0.177. The molecule has 0 saturated carbocycles.